The Balaban J connectivity index is 1.44. The van der Waals surface area contributed by atoms with E-state index in [0.717, 1.165) is 15.4 Å². The first kappa shape index (κ1) is 22.0. The van der Waals surface area contributed by atoms with Crippen LogP contribution in [0.5, 0.6) is 0 Å². The number of para-hydroxylation sites is 1. The van der Waals surface area contributed by atoms with E-state index in [1.165, 1.54) is 0 Å². The number of hydrogen-bond acceptors (Lipinski definition) is 6. The third-order valence-electron chi connectivity index (χ3n) is 5.64. The van der Waals surface area contributed by atoms with E-state index >= 15 is 0 Å². The van der Waals surface area contributed by atoms with Crippen molar-refractivity contribution in [1.82, 2.24) is 30.1 Å². The van der Waals surface area contributed by atoms with Crippen LogP contribution in [0.2, 0.25) is 0 Å². The van der Waals surface area contributed by atoms with Gasteiger partial charge >= 0.3 is 6.03 Å². The number of nitrogens with one attached hydrogen (secondary N) is 3. The van der Waals surface area contributed by atoms with Crippen molar-refractivity contribution < 1.29 is 14.3 Å². The average molecular weight is 525 g/mol. The Morgan fingerprint density at radius 2 is 1.91 bits per heavy atom. The summed E-state index contributed by atoms with van der Waals surface area (Å²) in [6.45, 7) is 2.12. The van der Waals surface area contributed by atoms with Crippen LogP contribution in [0.1, 0.15) is 10.5 Å². The molecule has 0 atom stereocenters. The maximum atomic E-state index is 13.3. The number of morpholine rings is 1. The molecule has 3 amide bonds. The number of ether oxygens (including phenoxy) is 1. The highest BCUT2D eigenvalue weighted by Crippen LogP contribution is 2.30. The van der Waals surface area contributed by atoms with Gasteiger partial charge in [-0.3, -0.25) is 4.79 Å². The summed E-state index contributed by atoms with van der Waals surface area (Å²) in [6.07, 6.45) is 0. The highest BCUT2D eigenvalue weighted by Gasteiger charge is 2.21. The van der Waals surface area contributed by atoms with E-state index in [2.05, 4.69) is 47.2 Å². The van der Waals surface area contributed by atoms with Crippen LogP contribution >= 0.6 is 15.9 Å². The van der Waals surface area contributed by atoms with E-state index in [0.29, 0.717) is 54.8 Å². The van der Waals surface area contributed by atoms with Crippen molar-refractivity contribution in [2.75, 3.05) is 36.9 Å². The second-order valence-corrected chi connectivity index (χ2v) is 8.66. The Labute approximate surface area is 202 Å². The molecule has 5 rings (SSSR count). The van der Waals surface area contributed by atoms with Gasteiger partial charge in [-0.25, -0.2) is 4.79 Å². The summed E-state index contributed by atoms with van der Waals surface area (Å²) < 4.78 is 7.91. The summed E-state index contributed by atoms with van der Waals surface area (Å²) in [4.78, 5) is 27.7. The fourth-order valence-electron chi connectivity index (χ4n) is 3.97. The van der Waals surface area contributed by atoms with Crippen molar-refractivity contribution in [3.8, 4) is 11.4 Å². The summed E-state index contributed by atoms with van der Waals surface area (Å²) in [5.41, 5.74) is 2.98. The molecule has 3 N–H and O–H groups in total. The second-order valence-electron chi connectivity index (χ2n) is 7.74. The Morgan fingerprint density at radius 3 is 2.68 bits per heavy atom. The van der Waals surface area contributed by atoms with Gasteiger partial charge < -0.3 is 24.8 Å². The molecular weight excluding hydrogens is 504 g/mol. The van der Waals surface area contributed by atoms with Crippen LogP contribution in [0.25, 0.3) is 22.3 Å². The number of aromatic nitrogens is 5. The van der Waals surface area contributed by atoms with Gasteiger partial charge in [-0.05, 0) is 35.5 Å². The van der Waals surface area contributed by atoms with Crippen LogP contribution in [0.3, 0.4) is 0 Å². The molecule has 1 aliphatic heterocycles. The maximum absolute atomic E-state index is 13.3. The number of fused-ring (bicyclic) bond motifs is 1. The predicted octanol–water partition coefficient (Wildman–Crippen LogP) is 3.24. The largest absolute Gasteiger partial charge is 0.378 e. The first-order chi connectivity index (χ1) is 16.5. The number of H-pyrrole nitrogens is 1. The third kappa shape index (κ3) is 4.24. The normalized spacial score (nSPS) is 13.8. The molecular formula is C22H21BrN8O3. The molecule has 1 fully saturated rings. The minimum atomic E-state index is -0.309. The first-order valence-corrected chi connectivity index (χ1v) is 11.4. The number of urea groups is 1. The van der Waals surface area contributed by atoms with Gasteiger partial charge in [0.1, 0.15) is 5.69 Å². The molecule has 0 radical (unpaired) electrons. The standard InChI is InChI=1S/C22H21BrN8O3/c1-30-18(21(32)24-16-6-5-14(23)12-15(16)20-26-28-29-27-20)11-13-3-2-4-17(19(13)30)25-22(33)31-7-9-34-10-8-31/h2-6,11-12H,7-10H2,1H3,(H,24,32)(H,25,33)(H,26,27,28,29). The van der Waals surface area contributed by atoms with E-state index in [1.807, 2.05) is 24.3 Å². The Morgan fingerprint density at radius 1 is 1.09 bits per heavy atom. The lowest BCUT2D eigenvalue weighted by Crippen LogP contribution is -2.43. The number of benzene rings is 2. The monoisotopic (exact) mass is 524 g/mol. The fraction of sp³-hybridized carbons (Fsp3) is 0.227. The van der Waals surface area contributed by atoms with Crippen LogP contribution in [-0.4, -0.2) is 68.3 Å². The van der Waals surface area contributed by atoms with Gasteiger partial charge in [0.05, 0.1) is 30.1 Å². The molecule has 4 aromatic rings. The molecule has 0 bridgehead atoms. The van der Waals surface area contributed by atoms with Crippen LogP contribution in [-0.2, 0) is 11.8 Å². The highest BCUT2D eigenvalue weighted by atomic mass is 79.9. The first-order valence-electron chi connectivity index (χ1n) is 10.6. The Kier molecular flexibility index (Phi) is 5.99. The number of carbonyl (C=O) groups is 2. The van der Waals surface area contributed by atoms with Gasteiger partial charge in [0, 0.05) is 35.6 Å². The summed E-state index contributed by atoms with van der Waals surface area (Å²) in [7, 11) is 1.79. The van der Waals surface area contributed by atoms with E-state index in [-0.39, 0.29) is 11.9 Å². The number of tetrazole rings is 1. The molecule has 2 aromatic carbocycles. The summed E-state index contributed by atoms with van der Waals surface area (Å²) in [5, 5.41) is 20.8. The van der Waals surface area contributed by atoms with Gasteiger partial charge in [-0.15, -0.1) is 10.2 Å². The molecule has 1 saturated heterocycles. The Bertz CT molecular complexity index is 1360. The fourth-order valence-corrected chi connectivity index (χ4v) is 4.33. The number of aromatic amines is 1. The summed E-state index contributed by atoms with van der Waals surface area (Å²) in [6, 6.07) is 12.6. The molecule has 2 aromatic heterocycles. The quantitative estimate of drug-likeness (QED) is 0.375. The smallest absolute Gasteiger partial charge is 0.322 e. The topological polar surface area (TPSA) is 130 Å². The number of rotatable bonds is 4. The number of aryl methyl sites for hydroxylation is 1. The minimum absolute atomic E-state index is 0.192. The minimum Gasteiger partial charge on any atom is -0.378 e. The van der Waals surface area contributed by atoms with Crippen LogP contribution < -0.4 is 10.6 Å². The third-order valence-corrected chi connectivity index (χ3v) is 6.14. The number of amides is 3. The number of carbonyl (C=O) groups excluding carboxylic acids is 2. The van der Waals surface area contributed by atoms with Gasteiger partial charge in [-0.1, -0.05) is 28.1 Å². The molecule has 11 nitrogen and oxygen atoms in total. The number of hydrogen-bond donors (Lipinski definition) is 3. The second kappa shape index (κ2) is 9.23. The number of halogens is 1. The van der Waals surface area contributed by atoms with Gasteiger partial charge in [0.2, 0.25) is 5.82 Å². The highest BCUT2D eigenvalue weighted by molar-refractivity contribution is 9.10. The molecule has 3 heterocycles. The molecule has 1 aliphatic rings. The van der Waals surface area contributed by atoms with Crippen molar-refractivity contribution in [1.29, 1.82) is 0 Å². The molecule has 0 saturated carbocycles. The predicted molar refractivity (Wildman–Crippen MR) is 130 cm³/mol. The lowest BCUT2D eigenvalue weighted by atomic mass is 10.1. The van der Waals surface area contributed by atoms with E-state index in [9.17, 15) is 9.59 Å². The maximum Gasteiger partial charge on any atom is 0.322 e. The van der Waals surface area contributed by atoms with E-state index in [1.54, 1.807) is 34.7 Å². The van der Waals surface area contributed by atoms with Gasteiger partial charge in [-0.2, -0.15) is 5.21 Å². The molecule has 0 unspecified atom stereocenters. The van der Waals surface area contributed by atoms with E-state index in [4.69, 9.17) is 4.74 Å². The lowest BCUT2D eigenvalue weighted by Gasteiger charge is -2.27. The van der Waals surface area contributed by atoms with Crippen molar-refractivity contribution in [3.63, 3.8) is 0 Å². The number of anilines is 2. The van der Waals surface area contributed by atoms with Crippen molar-refractivity contribution in [2.45, 2.75) is 0 Å². The SMILES string of the molecule is Cn1c(C(=O)Nc2ccc(Br)cc2-c2nn[nH]n2)cc2cccc(NC(=O)N3CCOCC3)c21. The van der Waals surface area contributed by atoms with Crippen LogP contribution in [0, 0.1) is 0 Å². The molecule has 174 valence electrons. The van der Waals surface area contributed by atoms with Crippen LogP contribution in [0.15, 0.2) is 46.9 Å². The molecule has 0 spiro atoms. The lowest BCUT2D eigenvalue weighted by molar-refractivity contribution is 0.0565. The van der Waals surface area contributed by atoms with Crippen LogP contribution in [0.4, 0.5) is 16.2 Å². The van der Waals surface area contributed by atoms with E-state index < -0.39 is 0 Å². The molecule has 12 heteroatoms. The summed E-state index contributed by atoms with van der Waals surface area (Å²) in [5.74, 6) is 0.0537. The number of nitrogens with zero attached hydrogens (tertiary/aromatic N) is 5. The Hall–Kier alpha value is -3.77. The molecule has 34 heavy (non-hydrogen) atoms. The zero-order chi connectivity index (χ0) is 23.7. The van der Waals surface area contributed by atoms with Crippen molar-refractivity contribution >= 4 is 50.1 Å². The zero-order valence-electron chi connectivity index (χ0n) is 18.2. The van der Waals surface area contributed by atoms with Crippen molar-refractivity contribution in [3.05, 3.63) is 52.6 Å². The molecule has 0 aliphatic carbocycles. The van der Waals surface area contributed by atoms with Crippen molar-refractivity contribution in [2.24, 2.45) is 7.05 Å². The van der Waals surface area contributed by atoms with Gasteiger partial charge in [0.15, 0.2) is 0 Å². The zero-order valence-corrected chi connectivity index (χ0v) is 19.8. The van der Waals surface area contributed by atoms with Gasteiger partial charge in [0.25, 0.3) is 5.91 Å². The average Bonchev–Trinajstić information content (AvgIpc) is 3.50. The summed E-state index contributed by atoms with van der Waals surface area (Å²) >= 11 is 3.44.